The molecule has 1 aliphatic heterocycles. The number of allylic oxidation sites excluding steroid dienone is 1. The molecule has 2 heterocycles. The monoisotopic (exact) mass is 411 g/mol. The molecule has 0 N–H and O–H groups in total. The number of hydrogen-bond acceptors (Lipinski definition) is 1. The SMILES string of the molecule is CCN1c2cc3[o+]c(C(C)(C)C)cc(C)c3cc2C(C)=CC1(C)C.F[B-](F)(F)F. The summed E-state index contributed by atoms with van der Waals surface area (Å²) in [7, 11) is -6.00. The Bertz CT molecular complexity index is 936. The predicted octanol–water partition coefficient (Wildman–Crippen LogP) is 7.64. The van der Waals surface area contributed by atoms with E-state index in [1.54, 1.807) is 0 Å². The first-order valence-corrected chi connectivity index (χ1v) is 9.81. The zero-order valence-corrected chi connectivity index (χ0v) is 18.5. The summed E-state index contributed by atoms with van der Waals surface area (Å²) < 4.78 is 45.3. The molecule has 2 nitrogen and oxygen atoms in total. The van der Waals surface area contributed by atoms with Crippen molar-refractivity contribution in [2.24, 2.45) is 0 Å². The zero-order valence-electron chi connectivity index (χ0n) is 18.5. The first-order valence-electron chi connectivity index (χ1n) is 9.81. The summed E-state index contributed by atoms with van der Waals surface area (Å²) >= 11 is 0. The molecule has 0 fully saturated rings. The van der Waals surface area contributed by atoms with Crippen molar-refractivity contribution in [2.75, 3.05) is 11.4 Å². The van der Waals surface area contributed by atoms with E-state index in [-0.39, 0.29) is 11.0 Å². The van der Waals surface area contributed by atoms with Gasteiger partial charge in [-0.05, 0) is 72.6 Å². The standard InChI is InChI=1S/C22H30NO.BF4/c1-9-23-18-12-19-17(11-16(18)15(3)13-22(23,7)8)14(2)10-20(24-19)21(4,5)6;2-1(3,4)5/h10-13H,9H2,1-8H3;/q+1;-1. The Morgan fingerprint density at radius 3 is 2.07 bits per heavy atom. The Morgan fingerprint density at radius 1 is 1.03 bits per heavy atom. The van der Waals surface area contributed by atoms with Gasteiger partial charge in [-0.2, -0.15) is 0 Å². The molecular weight excluding hydrogens is 381 g/mol. The average molecular weight is 411 g/mol. The highest BCUT2D eigenvalue weighted by molar-refractivity contribution is 6.50. The van der Waals surface area contributed by atoms with Crippen molar-refractivity contribution in [3.05, 3.63) is 41.2 Å². The second-order valence-electron chi connectivity index (χ2n) is 9.13. The summed E-state index contributed by atoms with van der Waals surface area (Å²) in [6.07, 6.45) is 2.38. The van der Waals surface area contributed by atoms with Crippen molar-refractivity contribution >= 4 is 29.5 Å². The number of aryl methyl sites for hydroxylation is 1. The van der Waals surface area contributed by atoms with Gasteiger partial charge < -0.3 is 22.2 Å². The molecule has 2 aromatic rings. The van der Waals surface area contributed by atoms with Gasteiger partial charge in [-0.3, -0.25) is 0 Å². The van der Waals surface area contributed by atoms with Crippen LogP contribution in [0.1, 0.15) is 65.4 Å². The number of benzene rings is 1. The minimum atomic E-state index is -6.00. The maximum atomic E-state index is 9.75. The van der Waals surface area contributed by atoms with E-state index in [1.807, 2.05) is 0 Å². The van der Waals surface area contributed by atoms with E-state index >= 15 is 0 Å². The van der Waals surface area contributed by atoms with Crippen molar-refractivity contribution in [3.63, 3.8) is 0 Å². The third kappa shape index (κ3) is 5.31. The smallest absolute Gasteiger partial charge is 0.418 e. The molecule has 0 saturated carbocycles. The Balaban J connectivity index is 0.000000537. The summed E-state index contributed by atoms with van der Waals surface area (Å²) in [4.78, 5) is 2.46. The molecule has 0 spiro atoms. The van der Waals surface area contributed by atoms with Gasteiger partial charge in [0.1, 0.15) is 0 Å². The third-order valence-electron chi connectivity index (χ3n) is 5.13. The highest BCUT2D eigenvalue weighted by Crippen LogP contribution is 2.42. The molecule has 0 bridgehead atoms. The molecule has 3 rings (SSSR count). The number of rotatable bonds is 1. The van der Waals surface area contributed by atoms with E-state index in [9.17, 15) is 17.3 Å². The van der Waals surface area contributed by atoms with Crippen LogP contribution in [-0.2, 0) is 5.41 Å². The highest BCUT2D eigenvalue weighted by atomic mass is 19.5. The van der Waals surface area contributed by atoms with Gasteiger partial charge in [-0.1, -0.05) is 6.08 Å². The second kappa shape index (κ2) is 7.65. The number of anilines is 1. The number of hydrogen-bond donors (Lipinski definition) is 0. The minimum Gasteiger partial charge on any atom is -0.418 e. The number of likely N-dealkylation sites (N-methyl/N-ethyl adjacent to an activating group) is 1. The molecule has 7 heteroatoms. The van der Waals surface area contributed by atoms with Crippen LogP contribution in [0.15, 0.2) is 28.7 Å². The molecule has 0 radical (unpaired) electrons. The zero-order chi connectivity index (χ0) is 22.4. The summed E-state index contributed by atoms with van der Waals surface area (Å²) in [6.45, 7) is 18.8. The van der Waals surface area contributed by atoms with E-state index in [1.165, 1.54) is 27.8 Å². The first-order chi connectivity index (χ1) is 13.0. The van der Waals surface area contributed by atoms with Gasteiger partial charge in [-0.15, -0.1) is 0 Å². The van der Waals surface area contributed by atoms with Crippen LogP contribution in [0.3, 0.4) is 0 Å². The summed E-state index contributed by atoms with van der Waals surface area (Å²) in [6, 6.07) is 6.74. The largest absolute Gasteiger partial charge is 0.673 e. The Hall–Kier alpha value is -2.05. The lowest BCUT2D eigenvalue weighted by molar-refractivity contribution is 0.368. The maximum absolute atomic E-state index is 9.75. The molecular formula is C22H30BF4NO. The Kier molecular flexibility index (Phi) is 6.13. The van der Waals surface area contributed by atoms with E-state index < -0.39 is 7.25 Å². The fraction of sp³-hybridized carbons (Fsp3) is 0.500. The van der Waals surface area contributed by atoms with E-state index in [2.05, 4.69) is 84.6 Å². The van der Waals surface area contributed by atoms with Gasteiger partial charge in [0.25, 0.3) is 0 Å². The van der Waals surface area contributed by atoms with Gasteiger partial charge in [-0.25, -0.2) is 4.42 Å². The summed E-state index contributed by atoms with van der Waals surface area (Å²) in [5.74, 6) is 1.04. The molecule has 29 heavy (non-hydrogen) atoms. The Labute approximate surface area is 170 Å². The molecule has 1 aromatic heterocycles. The Morgan fingerprint density at radius 2 is 1.59 bits per heavy atom. The lowest BCUT2D eigenvalue weighted by atomic mass is 9.87. The van der Waals surface area contributed by atoms with Gasteiger partial charge in [0, 0.05) is 18.2 Å². The lowest BCUT2D eigenvalue weighted by Gasteiger charge is -2.42. The van der Waals surface area contributed by atoms with Gasteiger partial charge in [0.05, 0.1) is 28.1 Å². The van der Waals surface area contributed by atoms with Crippen LogP contribution in [0.4, 0.5) is 23.0 Å². The average Bonchev–Trinajstić information content (AvgIpc) is 2.50. The van der Waals surface area contributed by atoms with Gasteiger partial charge in [0.15, 0.2) is 0 Å². The van der Waals surface area contributed by atoms with Gasteiger partial charge >= 0.3 is 18.6 Å². The normalized spacial score (nSPS) is 16.1. The highest BCUT2D eigenvalue weighted by Gasteiger charge is 2.33. The summed E-state index contributed by atoms with van der Waals surface area (Å²) in [5.41, 5.74) is 6.26. The van der Waals surface area contributed by atoms with E-state index in [0.717, 1.165) is 17.9 Å². The van der Waals surface area contributed by atoms with Crippen molar-refractivity contribution in [3.8, 4) is 0 Å². The van der Waals surface area contributed by atoms with Gasteiger partial charge in [0.2, 0.25) is 0 Å². The summed E-state index contributed by atoms with van der Waals surface area (Å²) in [5, 5.41) is 1.21. The number of halogens is 4. The fourth-order valence-corrected chi connectivity index (χ4v) is 3.87. The topological polar surface area (TPSA) is 14.5 Å². The van der Waals surface area contributed by atoms with Crippen LogP contribution in [0.2, 0.25) is 0 Å². The molecule has 160 valence electrons. The van der Waals surface area contributed by atoms with Crippen LogP contribution < -0.4 is 4.90 Å². The van der Waals surface area contributed by atoms with Crippen LogP contribution in [0.5, 0.6) is 0 Å². The van der Waals surface area contributed by atoms with E-state index in [4.69, 9.17) is 4.42 Å². The van der Waals surface area contributed by atoms with Crippen LogP contribution in [0, 0.1) is 6.92 Å². The number of fused-ring (bicyclic) bond motifs is 2. The molecule has 1 aliphatic rings. The molecule has 0 saturated heterocycles. The number of nitrogens with zero attached hydrogens (tertiary/aromatic N) is 1. The van der Waals surface area contributed by atoms with Crippen molar-refractivity contribution in [2.45, 2.75) is 66.3 Å². The molecule has 0 atom stereocenters. The fourth-order valence-electron chi connectivity index (χ4n) is 3.87. The second-order valence-corrected chi connectivity index (χ2v) is 9.13. The van der Waals surface area contributed by atoms with Crippen molar-refractivity contribution < 1.29 is 21.7 Å². The van der Waals surface area contributed by atoms with Crippen LogP contribution >= 0.6 is 0 Å². The third-order valence-corrected chi connectivity index (χ3v) is 5.13. The van der Waals surface area contributed by atoms with Crippen LogP contribution in [-0.4, -0.2) is 19.3 Å². The van der Waals surface area contributed by atoms with Crippen LogP contribution in [0.25, 0.3) is 16.5 Å². The molecule has 0 unspecified atom stereocenters. The molecule has 0 aliphatic carbocycles. The van der Waals surface area contributed by atoms with Crippen molar-refractivity contribution in [1.82, 2.24) is 0 Å². The molecule has 0 amide bonds. The van der Waals surface area contributed by atoms with Crippen molar-refractivity contribution in [1.29, 1.82) is 0 Å². The first kappa shape index (κ1) is 23.2. The minimum absolute atomic E-state index is 0.00832. The molecule has 1 aromatic carbocycles. The maximum Gasteiger partial charge on any atom is 0.673 e. The predicted molar refractivity (Wildman–Crippen MR) is 115 cm³/mol. The lowest BCUT2D eigenvalue weighted by Crippen LogP contribution is -2.44. The van der Waals surface area contributed by atoms with E-state index in [0.29, 0.717) is 0 Å². The quantitative estimate of drug-likeness (QED) is 0.272.